The van der Waals surface area contributed by atoms with Crippen molar-refractivity contribution in [2.45, 2.75) is 62.1 Å². The van der Waals surface area contributed by atoms with Crippen LogP contribution in [0.5, 0.6) is 6.01 Å². The highest BCUT2D eigenvalue weighted by Crippen LogP contribution is 2.48. The van der Waals surface area contributed by atoms with Crippen molar-refractivity contribution in [1.82, 2.24) is 24.8 Å². The van der Waals surface area contributed by atoms with Crippen molar-refractivity contribution in [3.63, 3.8) is 0 Å². The Balaban J connectivity index is 1.32. The molecule has 1 amide bonds. The molecule has 1 saturated carbocycles. The maximum atomic E-state index is 17.0. The van der Waals surface area contributed by atoms with E-state index >= 15 is 4.39 Å². The Labute approximate surface area is 280 Å². The monoisotopic (exact) mass is 703 g/mol. The van der Waals surface area contributed by atoms with Gasteiger partial charge in [-0.1, -0.05) is 17.9 Å². The average molecular weight is 704 g/mol. The predicted octanol–water partition coefficient (Wildman–Crippen LogP) is 6.11. The van der Waals surface area contributed by atoms with Crippen LogP contribution < -0.4 is 15.4 Å². The van der Waals surface area contributed by atoms with Crippen molar-refractivity contribution in [2.75, 3.05) is 43.4 Å². The topological polar surface area (TPSA) is 101 Å². The Bertz CT molecular complexity index is 2010. The van der Waals surface area contributed by atoms with Crippen molar-refractivity contribution in [2.24, 2.45) is 0 Å². The van der Waals surface area contributed by atoms with Gasteiger partial charge in [0.25, 0.3) is 0 Å². The van der Waals surface area contributed by atoms with E-state index in [0.717, 1.165) is 48.8 Å². The van der Waals surface area contributed by atoms with Gasteiger partial charge >= 0.3 is 12.2 Å². The Hall–Kier alpha value is -4.18. The molecule has 4 aliphatic rings. The van der Waals surface area contributed by atoms with Gasteiger partial charge in [-0.3, -0.25) is 9.69 Å². The summed E-state index contributed by atoms with van der Waals surface area (Å²) in [5.41, 5.74) is 2.11. The van der Waals surface area contributed by atoms with Gasteiger partial charge in [0, 0.05) is 48.6 Å². The van der Waals surface area contributed by atoms with Gasteiger partial charge in [0.1, 0.15) is 29.9 Å². The SMILES string of the molecule is C=CC(=O)N1CC(N(c2nc(OC[C@]34CCCN3C[C@H](F)C4)nc3c(F)c(-c4ccc(F)c5sc(N)nc45)c(C(F)(F)F)cc23)C2CC2)C1. The number of rotatable bonds is 8. The van der Waals surface area contributed by atoms with E-state index in [1.165, 1.54) is 6.08 Å². The highest BCUT2D eigenvalue weighted by molar-refractivity contribution is 7.22. The number of nitrogens with two attached hydrogens (primary N) is 1. The fraction of sp³-hybridized carbons (Fsp3) is 0.455. The zero-order chi connectivity index (χ0) is 34.4. The minimum absolute atomic E-state index is 0.0125. The van der Waals surface area contributed by atoms with Crippen LogP contribution in [0.1, 0.15) is 37.7 Å². The summed E-state index contributed by atoms with van der Waals surface area (Å²) in [4.78, 5) is 30.7. The Morgan fingerprint density at radius 2 is 1.92 bits per heavy atom. The zero-order valence-electron chi connectivity index (χ0n) is 26.1. The maximum absolute atomic E-state index is 17.0. The second-order valence-corrected chi connectivity index (χ2v) is 14.3. The summed E-state index contributed by atoms with van der Waals surface area (Å²) in [6.07, 6.45) is -1.68. The molecule has 4 fully saturated rings. The lowest BCUT2D eigenvalue weighted by atomic mass is 9.94. The summed E-state index contributed by atoms with van der Waals surface area (Å²) in [5, 5.41) is -0.286. The lowest BCUT2D eigenvalue weighted by Gasteiger charge is -2.46. The van der Waals surface area contributed by atoms with Crippen molar-refractivity contribution >= 4 is 49.3 Å². The first kappa shape index (κ1) is 32.0. The molecule has 8 rings (SSSR count). The molecule has 0 spiro atoms. The number of hydrogen-bond donors (Lipinski definition) is 1. The van der Waals surface area contributed by atoms with Gasteiger partial charge in [-0.2, -0.15) is 23.1 Å². The van der Waals surface area contributed by atoms with Crippen LogP contribution in [0, 0.1) is 11.6 Å². The van der Waals surface area contributed by atoms with Crippen LogP contribution in [0.3, 0.4) is 0 Å². The number of carbonyl (C=O) groups is 1. The van der Waals surface area contributed by atoms with E-state index in [1.807, 2.05) is 9.80 Å². The molecule has 2 N–H and O–H groups in total. The second kappa shape index (κ2) is 11.4. The van der Waals surface area contributed by atoms with Gasteiger partial charge in [0.2, 0.25) is 5.91 Å². The number of carbonyl (C=O) groups excluding carboxylic acids is 1. The Morgan fingerprint density at radius 1 is 1.14 bits per heavy atom. The summed E-state index contributed by atoms with van der Waals surface area (Å²) >= 11 is 0.742. The largest absolute Gasteiger partial charge is 0.461 e. The van der Waals surface area contributed by atoms with Crippen LogP contribution in [0.15, 0.2) is 30.9 Å². The summed E-state index contributed by atoms with van der Waals surface area (Å²) < 4.78 is 97.0. The van der Waals surface area contributed by atoms with Gasteiger partial charge in [-0.05, 0) is 56.5 Å². The van der Waals surface area contributed by atoms with Crippen molar-refractivity contribution in [3.05, 3.63) is 48.1 Å². The van der Waals surface area contributed by atoms with E-state index in [9.17, 15) is 26.7 Å². The van der Waals surface area contributed by atoms with Gasteiger partial charge < -0.3 is 20.3 Å². The van der Waals surface area contributed by atoms with E-state index in [4.69, 9.17) is 10.5 Å². The normalized spacial score (nSPS) is 22.9. The standard InChI is InChI=1S/C33H31F6N7O2S/c1-2-23(47)44-13-18(14-44)46(17-4-5-17)29-20-10-21(33(37,38)39)24(19-6-7-22(35)28-27(19)41-30(40)49-28)25(36)26(20)42-31(43-29)48-15-32-8-3-9-45(32)12-16(34)11-32/h2,6-7,10,16-18H,1,3-5,8-9,11-15H2,(H2,40,41)/t16-,32-/m1/s1. The molecule has 258 valence electrons. The van der Waals surface area contributed by atoms with Crippen molar-refractivity contribution < 1.29 is 35.9 Å². The number of amides is 1. The first-order valence-corrected chi connectivity index (χ1v) is 16.9. The number of halogens is 6. The number of aromatic nitrogens is 3. The summed E-state index contributed by atoms with van der Waals surface area (Å²) in [7, 11) is 0. The number of fused-ring (bicyclic) bond motifs is 3. The second-order valence-electron chi connectivity index (χ2n) is 13.3. The van der Waals surface area contributed by atoms with E-state index < -0.39 is 46.2 Å². The molecule has 49 heavy (non-hydrogen) atoms. The molecule has 2 aromatic heterocycles. The number of nitrogens with zero attached hydrogens (tertiary/aromatic N) is 6. The van der Waals surface area contributed by atoms with E-state index in [2.05, 4.69) is 21.5 Å². The molecule has 9 nitrogen and oxygen atoms in total. The third-order valence-corrected chi connectivity index (χ3v) is 11.0. The number of alkyl halides is 4. The predicted molar refractivity (Wildman–Crippen MR) is 172 cm³/mol. The third-order valence-electron chi connectivity index (χ3n) is 10.1. The fourth-order valence-electron chi connectivity index (χ4n) is 7.72. The van der Waals surface area contributed by atoms with Crippen molar-refractivity contribution in [1.29, 1.82) is 0 Å². The van der Waals surface area contributed by atoms with E-state index in [0.29, 0.717) is 13.0 Å². The number of thiazole rings is 1. The Morgan fingerprint density at radius 3 is 2.63 bits per heavy atom. The number of benzene rings is 2. The Kier molecular flexibility index (Phi) is 7.48. The molecule has 0 unspecified atom stereocenters. The molecular weight excluding hydrogens is 672 g/mol. The highest BCUT2D eigenvalue weighted by Gasteiger charge is 2.50. The molecule has 2 atom stereocenters. The molecule has 3 aliphatic heterocycles. The fourth-order valence-corrected chi connectivity index (χ4v) is 8.48. The maximum Gasteiger partial charge on any atom is 0.417 e. The van der Waals surface area contributed by atoms with Crippen LogP contribution in [0.2, 0.25) is 0 Å². The molecular formula is C33H31F6N7O2S. The first-order valence-electron chi connectivity index (χ1n) is 16.0. The zero-order valence-corrected chi connectivity index (χ0v) is 26.9. The number of hydrogen-bond acceptors (Lipinski definition) is 9. The van der Waals surface area contributed by atoms with Gasteiger partial charge in [0.05, 0.1) is 27.4 Å². The highest BCUT2D eigenvalue weighted by atomic mass is 32.1. The lowest BCUT2D eigenvalue weighted by molar-refractivity contribution is -0.137. The van der Waals surface area contributed by atoms with Crippen LogP contribution in [0.4, 0.5) is 37.3 Å². The first-order chi connectivity index (χ1) is 23.4. The summed E-state index contributed by atoms with van der Waals surface area (Å²) in [6.45, 7) is 5.05. The van der Waals surface area contributed by atoms with Gasteiger partial charge in [0.15, 0.2) is 10.9 Å². The smallest absolute Gasteiger partial charge is 0.417 e. The van der Waals surface area contributed by atoms with Crippen LogP contribution in [-0.2, 0) is 11.0 Å². The van der Waals surface area contributed by atoms with Crippen LogP contribution >= 0.6 is 11.3 Å². The van der Waals surface area contributed by atoms with Crippen LogP contribution in [0.25, 0.3) is 32.2 Å². The molecule has 4 aromatic rings. The molecule has 1 aliphatic carbocycles. The molecule has 2 aromatic carbocycles. The molecule has 5 heterocycles. The quantitative estimate of drug-likeness (QED) is 0.174. The minimum Gasteiger partial charge on any atom is -0.461 e. The van der Waals surface area contributed by atoms with E-state index in [1.54, 1.807) is 4.90 Å². The molecule has 3 saturated heterocycles. The summed E-state index contributed by atoms with van der Waals surface area (Å²) in [6, 6.07) is 2.12. The van der Waals surface area contributed by atoms with Crippen LogP contribution in [-0.4, -0.2) is 87.2 Å². The number of nitrogen functional groups attached to an aromatic ring is 1. The number of anilines is 2. The van der Waals surface area contributed by atoms with E-state index in [-0.39, 0.29) is 88.8 Å². The summed E-state index contributed by atoms with van der Waals surface area (Å²) in [5.74, 6) is -2.30. The minimum atomic E-state index is -5.05. The van der Waals surface area contributed by atoms with Gasteiger partial charge in [-0.25, -0.2) is 18.2 Å². The number of ether oxygens (including phenoxy) is 1. The molecule has 16 heteroatoms. The van der Waals surface area contributed by atoms with Crippen molar-refractivity contribution in [3.8, 4) is 17.1 Å². The third kappa shape index (κ3) is 5.34. The molecule has 0 bridgehead atoms. The lowest BCUT2D eigenvalue weighted by Crippen LogP contribution is -2.61. The average Bonchev–Trinajstić information content (AvgIpc) is 3.56. The molecule has 0 radical (unpaired) electrons. The van der Waals surface area contributed by atoms with Gasteiger partial charge in [-0.15, -0.1) is 0 Å². The number of likely N-dealkylation sites (tertiary alicyclic amines) is 1.